The van der Waals surface area contributed by atoms with E-state index in [2.05, 4.69) is 173 Å². The van der Waals surface area contributed by atoms with E-state index in [0.29, 0.717) is 0 Å². The predicted molar refractivity (Wildman–Crippen MR) is 213 cm³/mol. The molecule has 0 aliphatic rings. The Morgan fingerprint density at radius 3 is 1.94 bits per heavy atom. The van der Waals surface area contributed by atoms with Crippen LogP contribution in [0, 0.1) is 0 Å². The van der Waals surface area contributed by atoms with Gasteiger partial charge in [-0.1, -0.05) is 115 Å². The van der Waals surface area contributed by atoms with Crippen molar-refractivity contribution in [2.45, 2.75) is 0 Å². The number of fused-ring (bicyclic) bond motifs is 11. The van der Waals surface area contributed by atoms with Crippen molar-refractivity contribution in [2.75, 3.05) is 4.90 Å². The van der Waals surface area contributed by atoms with Gasteiger partial charge in [0.2, 0.25) is 0 Å². The predicted octanol–water partition coefficient (Wildman–Crippen LogP) is 13.7. The van der Waals surface area contributed by atoms with Crippen molar-refractivity contribution >= 4 is 103 Å². The van der Waals surface area contributed by atoms with Gasteiger partial charge >= 0.3 is 0 Å². The summed E-state index contributed by atoms with van der Waals surface area (Å²) in [6, 6.07) is 61.1. The smallest absolute Gasteiger partial charge is 0.159 e. The third kappa shape index (κ3) is 3.85. The normalized spacial score (nSPS) is 12.0. The summed E-state index contributed by atoms with van der Waals surface area (Å²) in [4.78, 5) is 2.44. The molecule has 0 saturated heterocycles. The van der Waals surface area contributed by atoms with Crippen LogP contribution < -0.4 is 4.90 Å². The van der Waals surface area contributed by atoms with E-state index in [-0.39, 0.29) is 0 Å². The Balaban J connectivity index is 1.29. The minimum Gasteiger partial charge on any atom is -0.454 e. The van der Waals surface area contributed by atoms with Gasteiger partial charge in [0, 0.05) is 58.2 Å². The first-order chi connectivity index (χ1) is 24.8. The fraction of sp³-hybridized carbons (Fsp3) is 0. The Hall–Kier alpha value is -6.36. The lowest BCUT2D eigenvalue weighted by Gasteiger charge is -2.28. The molecule has 3 heterocycles. The van der Waals surface area contributed by atoms with Crippen molar-refractivity contribution in [3.63, 3.8) is 0 Å². The molecule has 11 rings (SSSR count). The minimum atomic E-state index is 0.873. The fourth-order valence-corrected chi connectivity index (χ4v) is 9.29. The van der Waals surface area contributed by atoms with E-state index in [4.69, 9.17) is 4.42 Å². The first-order valence-corrected chi connectivity index (χ1v) is 17.8. The minimum absolute atomic E-state index is 0.873. The molecular formula is C46H28N2OS. The lowest BCUT2D eigenvalue weighted by molar-refractivity contribution is 0.669. The van der Waals surface area contributed by atoms with E-state index < -0.39 is 0 Å². The average molecular weight is 657 g/mol. The molecule has 0 bridgehead atoms. The van der Waals surface area contributed by atoms with Gasteiger partial charge < -0.3 is 13.9 Å². The SMILES string of the molecule is c1ccc(-n2c3ccccc3c3c(N(c4cccc5c4ccc4c6ccccc6sc54)c4cccc5c4oc4ccccc45)cccc32)cc1. The fourth-order valence-electron chi connectivity index (χ4n) is 8.06. The molecule has 0 fully saturated rings. The summed E-state index contributed by atoms with van der Waals surface area (Å²) < 4.78 is 11.8. The van der Waals surface area contributed by atoms with Gasteiger partial charge in [0.1, 0.15) is 5.58 Å². The summed E-state index contributed by atoms with van der Waals surface area (Å²) in [5, 5.41) is 9.68. The topological polar surface area (TPSA) is 21.3 Å². The second-order valence-electron chi connectivity index (χ2n) is 12.9. The maximum atomic E-state index is 6.76. The van der Waals surface area contributed by atoms with Crippen LogP contribution in [-0.2, 0) is 0 Å². The lowest BCUT2D eigenvalue weighted by Crippen LogP contribution is -2.11. The summed E-state index contributed by atoms with van der Waals surface area (Å²) in [5.41, 5.74) is 8.45. The van der Waals surface area contributed by atoms with Gasteiger partial charge in [-0.2, -0.15) is 0 Å². The number of furan rings is 1. The molecule has 50 heavy (non-hydrogen) atoms. The molecule has 0 atom stereocenters. The van der Waals surface area contributed by atoms with Crippen LogP contribution in [0.3, 0.4) is 0 Å². The maximum Gasteiger partial charge on any atom is 0.159 e. The molecule has 4 heteroatoms. The third-order valence-corrected chi connectivity index (χ3v) is 11.4. The largest absolute Gasteiger partial charge is 0.454 e. The molecule has 0 N–H and O–H groups in total. The highest BCUT2D eigenvalue weighted by Gasteiger charge is 2.25. The zero-order valence-corrected chi connectivity index (χ0v) is 27.7. The zero-order chi connectivity index (χ0) is 32.8. The second-order valence-corrected chi connectivity index (χ2v) is 13.9. The monoisotopic (exact) mass is 656 g/mol. The number of benzene rings is 8. The van der Waals surface area contributed by atoms with Crippen molar-refractivity contribution in [3.8, 4) is 5.69 Å². The number of anilines is 3. The molecule has 3 aromatic heterocycles. The highest BCUT2D eigenvalue weighted by Crippen LogP contribution is 2.49. The molecule has 234 valence electrons. The number of nitrogens with zero attached hydrogens (tertiary/aromatic N) is 2. The molecule has 0 unspecified atom stereocenters. The molecule has 11 aromatic rings. The van der Waals surface area contributed by atoms with E-state index in [1.165, 1.54) is 47.2 Å². The van der Waals surface area contributed by atoms with Crippen molar-refractivity contribution in [1.82, 2.24) is 4.57 Å². The summed E-state index contributed by atoms with van der Waals surface area (Å²) in [5.74, 6) is 0. The molecule has 0 aliphatic carbocycles. The molecule has 8 aromatic carbocycles. The maximum absolute atomic E-state index is 6.76. The Morgan fingerprint density at radius 1 is 0.420 bits per heavy atom. The molecule has 0 spiro atoms. The molecule has 0 amide bonds. The number of rotatable bonds is 4. The lowest BCUT2D eigenvalue weighted by atomic mass is 10.0. The molecule has 0 radical (unpaired) electrons. The Labute approximate surface area is 291 Å². The highest BCUT2D eigenvalue weighted by atomic mass is 32.1. The zero-order valence-electron chi connectivity index (χ0n) is 26.9. The van der Waals surface area contributed by atoms with E-state index in [0.717, 1.165) is 50.2 Å². The molecule has 3 nitrogen and oxygen atoms in total. The quantitative estimate of drug-likeness (QED) is 0.188. The van der Waals surface area contributed by atoms with Crippen LogP contribution in [0.25, 0.3) is 80.4 Å². The van der Waals surface area contributed by atoms with Gasteiger partial charge in [-0.15, -0.1) is 11.3 Å². The van der Waals surface area contributed by atoms with Gasteiger partial charge in [-0.3, -0.25) is 0 Å². The van der Waals surface area contributed by atoms with Crippen molar-refractivity contribution in [1.29, 1.82) is 0 Å². The van der Waals surface area contributed by atoms with Crippen molar-refractivity contribution < 1.29 is 4.42 Å². The van der Waals surface area contributed by atoms with Gasteiger partial charge in [0.05, 0.1) is 28.1 Å². The number of hydrogen-bond donors (Lipinski definition) is 0. The standard InChI is InChI=1S/C46H28N2OS/c1-2-13-29(14-3-1)47-38-20-7-4-17-36(38)44-39(47)22-12-23-40(44)48(41-24-10-18-33-31-15-5-8-25-42(31)49-45(33)41)37-21-11-19-34-30(37)27-28-35-32-16-6-9-26-43(32)50-46(34)35/h1-28H. The Morgan fingerprint density at radius 2 is 1.04 bits per heavy atom. The number of hydrogen-bond acceptors (Lipinski definition) is 3. The van der Waals surface area contributed by atoms with Gasteiger partial charge in [0.25, 0.3) is 0 Å². The van der Waals surface area contributed by atoms with E-state index >= 15 is 0 Å². The van der Waals surface area contributed by atoms with Crippen LogP contribution in [0.4, 0.5) is 17.1 Å². The van der Waals surface area contributed by atoms with E-state index in [1.54, 1.807) is 0 Å². The van der Waals surface area contributed by atoms with Crippen LogP contribution in [0.15, 0.2) is 174 Å². The van der Waals surface area contributed by atoms with Gasteiger partial charge in [0.15, 0.2) is 5.58 Å². The number of para-hydroxylation sites is 4. The molecule has 0 aliphatic heterocycles. The van der Waals surface area contributed by atoms with Crippen LogP contribution >= 0.6 is 11.3 Å². The first kappa shape index (κ1) is 27.6. The molecule has 0 saturated carbocycles. The number of thiophene rings is 1. The second kappa shape index (κ2) is 10.6. The summed E-state index contributed by atoms with van der Waals surface area (Å²) >= 11 is 1.87. The Kier molecular flexibility index (Phi) is 5.83. The van der Waals surface area contributed by atoms with E-state index in [9.17, 15) is 0 Å². The summed E-state index contributed by atoms with van der Waals surface area (Å²) in [6.07, 6.45) is 0. The summed E-state index contributed by atoms with van der Waals surface area (Å²) in [7, 11) is 0. The Bertz CT molecular complexity index is 3110. The molecular weight excluding hydrogens is 629 g/mol. The summed E-state index contributed by atoms with van der Waals surface area (Å²) in [6.45, 7) is 0. The van der Waals surface area contributed by atoms with Crippen molar-refractivity contribution in [2.24, 2.45) is 0 Å². The first-order valence-electron chi connectivity index (χ1n) is 16.9. The van der Waals surface area contributed by atoms with Crippen LogP contribution in [0.1, 0.15) is 0 Å². The number of aromatic nitrogens is 1. The van der Waals surface area contributed by atoms with Gasteiger partial charge in [-0.05, 0) is 54.6 Å². The van der Waals surface area contributed by atoms with Crippen LogP contribution in [0.2, 0.25) is 0 Å². The van der Waals surface area contributed by atoms with Crippen molar-refractivity contribution in [3.05, 3.63) is 170 Å². The highest BCUT2D eigenvalue weighted by molar-refractivity contribution is 7.26. The average Bonchev–Trinajstić information content (AvgIpc) is 3.86. The van der Waals surface area contributed by atoms with Crippen LogP contribution in [0.5, 0.6) is 0 Å². The van der Waals surface area contributed by atoms with Crippen LogP contribution in [-0.4, -0.2) is 4.57 Å². The van der Waals surface area contributed by atoms with Gasteiger partial charge in [-0.25, -0.2) is 0 Å². The third-order valence-electron chi connectivity index (χ3n) is 10.2. The van der Waals surface area contributed by atoms with E-state index in [1.807, 2.05) is 17.4 Å².